The van der Waals surface area contributed by atoms with E-state index in [0.29, 0.717) is 12.8 Å². The standard InChI is InChI=1S/C15H14F3NO2S/c16-15(17,18)13-5-9(8-19)1-4-12(13)14(20)6-10-2-3-11(7-14)22(10)21/h1,4-5,10-11,20H,2-3,6-7H2. The van der Waals surface area contributed by atoms with E-state index in [-0.39, 0.29) is 34.5 Å². The van der Waals surface area contributed by atoms with Crippen LogP contribution in [0.3, 0.4) is 0 Å². The number of hydrogen-bond acceptors (Lipinski definition) is 3. The van der Waals surface area contributed by atoms with Crippen LogP contribution in [0.1, 0.15) is 42.4 Å². The van der Waals surface area contributed by atoms with Crippen LogP contribution in [-0.2, 0) is 22.6 Å². The van der Waals surface area contributed by atoms with Crippen molar-refractivity contribution in [3.05, 3.63) is 34.9 Å². The van der Waals surface area contributed by atoms with E-state index < -0.39 is 28.1 Å². The molecule has 2 unspecified atom stereocenters. The lowest BCUT2D eigenvalue weighted by molar-refractivity contribution is -0.141. The lowest BCUT2D eigenvalue weighted by Crippen LogP contribution is -2.41. The van der Waals surface area contributed by atoms with Crippen LogP contribution in [0.2, 0.25) is 0 Å². The fraction of sp³-hybridized carbons (Fsp3) is 0.533. The van der Waals surface area contributed by atoms with E-state index in [9.17, 15) is 22.5 Å². The van der Waals surface area contributed by atoms with Gasteiger partial charge in [-0.2, -0.15) is 18.4 Å². The molecule has 2 aliphatic rings. The normalized spacial score (nSPS) is 34.4. The summed E-state index contributed by atoms with van der Waals surface area (Å²) >= 11 is 0. The maximum atomic E-state index is 13.3. The van der Waals surface area contributed by atoms with Crippen molar-refractivity contribution in [2.24, 2.45) is 0 Å². The summed E-state index contributed by atoms with van der Waals surface area (Å²) in [6, 6.07) is 4.94. The molecular weight excluding hydrogens is 315 g/mol. The smallest absolute Gasteiger partial charge is 0.385 e. The first-order valence-electron chi connectivity index (χ1n) is 6.98. The number of benzene rings is 1. The van der Waals surface area contributed by atoms with Crippen LogP contribution in [0.25, 0.3) is 0 Å². The van der Waals surface area contributed by atoms with Gasteiger partial charge in [0.2, 0.25) is 0 Å². The van der Waals surface area contributed by atoms with E-state index in [1.54, 1.807) is 6.07 Å². The van der Waals surface area contributed by atoms with Gasteiger partial charge in [0, 0.05) is 21.3 Å². The number of aliphatic hydroxyl groups is 1. The van der Waals surface area contributed by atoms with Crippen LogP contribution in [0.15, 0.2) is 18.2 Å². The van der Waals surface area contributed by atoms with Gasteiger partial charge < -0.3 is 5.11 Å². The average molecular weight is 329 g/mol. The number of nitrogens with zero attached hydrogens (tertiary/aromatic N) is 1. The lowest BCUT2D eigenvalue weighted by Gasteiger charge is -2.37. The number of fused-ring (bicyclic) bond motifs is 2. The second-order valence-electron chi connectivity index (χ2n) is 5.96. The largest absolute Gasteiger partial charge is 0.416 e. The van der Waals surface area contributed by atoms with Crippen LogP contribution in [0.4, 0.5) is 13.2 Å². The summed E-state index contributed by atoms with van der Waals surface area (Å²) in [6.45, 7) is 0. The zero-order valence-corrected chi connectivity index (χ0v) is 12.4. The third kappa shape index (κ3) is 2.44. The number of nitriles is 1. The first-order valence-corrected chi connectivity index (χ1v) is 8.26. The van der Waals surface area contributed by atoms with Crippen molar-refractivity contribution in [2.45, 2.75) is 48.0 Å². The van der Waals surface area contributed by atoms with Crippen molar-refractivity contribution in [1.82, 2.24) is 0 Å². The zero-order chi connectivity index (χ0) is 16.1. The Balaban J connectivity index is 2.08. The average Bonchev–Trinajstić information content (AvgIpc) is 2.69. The minimum atomic E-state index is -4.65. The Morgan fingerprint density at radius 3 is 2.36 bits per heavy atom. The molecule has 3 nitrogen and oxygen atoms in total. The second-order valence-corrected chi connectivity index (χ2v) is 7.95. The second kappa shape index (κ2) is 5.07. The predicted octanol–water partition coefficient (Wildman–Crippen LogP) is 2.84. The summed E-state index contributed by atoms with van der Waals surface area (Å²) in [7, 11) is -1.07. The minimum absolute atomic E-state index is 0.0745. The van der Waals surface area contributed by atoms with Crippen molar-refractivity contribution in [2.75, 3.05) is 0 Å². The number of halogens is 3. The SMILES string of the molecule is N#Cc1ccc(C2(O)CC3CCC(C2)S3=O)c(C(F)(F)F)c1. The van der Waals surface area contributed by atoms with Gasteiger partial charge in [0.1, 0.15) is 0 Å². The zero-order valence-electron chi connectivity index (χ0n) is 11.6. The van der Waals surface area contributed by atoms with Crippen LogP contribution >= 0.6 is 0 Å². The molecule has 1 N–H and O–H groups in total. The van der Waals surface area contributed by atoms with Gasteiger partial charge in [-0.05, 0) is 43.4 Å². The molecule has 3 rings (SSSR count). The van der Waals surface area contributed by atoms with Crippen LogP contribution in [0.5, 0.6) is 0 Å². The Bertz CT molecular complexity index is 664. The van der Waals surface area contributed by atoms with Gasteiger partial charge in [0.25, 0.3) is 0 Å². The summed E-state index contributed by atoms with van der Waals surface area (Å²) < 4.78 is 51.9. The number of hydrogen-bond donors (Lipinski definition) is 1. The highest BCUT2D eigenvalue weighted by atomic mass is 32.2. The van der Waals surface area contributed by atoms with E-state index in [2.05, 4.69) is 0 Å². The molecule has 1 aromatic rings. The summed E-state index contributed by atoms with van der Waals surface area (Å²) in [5.41, 5.74) is -2.89. The molecule has 0 aromatic heterocycles. The molecule has 0 spiro atoms. The summed E-state index contributed by atoms with van der Waals surface area (Å²) in [6.07, 6.45) is -3.14. The van der Waals surface area contributed by atoms with Gasteiger partial charge in [-0.1, -0.05) is 6.07 Å². The Morgan fingerprint density at radius 2 is 1.86 bits per heavy atom. The Labute approximate surface area is 128 Å². The van der Waals surface area contributed by atoms with Crippen molar-refractivity contribution >= 4 is 10.8 Å². The minimum Gasteiger partial charge on any atom is -0.385 e. The molecule has 2 fully saturated rings. The molecule has 7 heteroatoms. The Kier molecular flexibility index (Phi) is 3.57. The molecular formula is C15H14F3NO2S. The van der Waals surface area contributed by atoms with Gasteiger partial charge in [-0.3, -0.25) is 4.21 Å². The van der Waals surface area contributed by atoms with Crippen molar-refractivity contribution < 1.29 is 22.5 Å². The fourth-order valence-electron chi connectivity index (χ4n) is 3.56. The van der Waals surface area contributed by atoms with E-state index in [0.717, 1.165) is 6.07 Å². The Morgan fingerprint density at radius 1 is 1.27 bits per heavy atom. The van der Waals surface area contributed by atoms with Crippen LogP contribution in [0, 0.1) is 11.3 Å². The maximum absolute atomic E-state index is 13.3. The third-order valence-electron chi connectivity index (χ3n) is 4.55. The number of rotatable bonds is 1. The topological polar surface area (TPSA) is 61.1 Å². The monoisotopic (exact) mass is 329 g/mol. The molecule has 0 amide bonds. The highest BCUT2D eigenvalue weighted by Gasteiger charge is 2.51. The molecule has 0 saturated carbocycles. The van der Waals surface area contributed by atoms with E-state index in [1.165, 1.54) is 12.1 Å². The first kappa shape index (κ1) is 15.5. The van der Waals surface area contributed by atoms with Crippen molar-refractivity contribution in [3.63, 3.8) is 0 Å². The fourth-order valence-corrected chi connectivity index (χ4v) is 5.72. The van der Waals surface area contributed by atoms with Crippen molar-refractivity contribution in [1.29, 1.82) is 5.26 Å². The predicted molar refractivity (Wildman–Crippen MR) is 74.2 cm³/mol. The number of alkyl halides is 3. The lowest BCUT2D eigenvalue weighted by atomic mass is 9.82. The molecule has 2 heterocycles. The maximum Gasteiger partial charge on any atom is 0.416 e. The summed E-state index contributed by atoms with van der Waals surface area (Å²) in [5.74, 6) is 0. The molecule has 118 valence electrons. The Hall–Kier alpha value is -1.39. The molecule has 0 radical (unpaired) electrons. The van der Waals surface area contributed by atoms with Crippen molar-refractivity contribution in [3.8, 4) is 6.07 Å². The van der Waals surface area contributed by atoms with Gasteiger partial charge in [0.05, 0.1) is 22.8 Å². The van der Waals surface area contributed by atoms with E-state index in [4.69, 9.17) is 5.26 Å². The highest BCUT2D eigenvalue weighted by Crippen LogP contribution is 2.48. The summed E-state index contributed by atoms with van der Waals surface area (Å²) in [5, 5.41) is 19.1. The molecule has 2 bridgehead atoms. The van der Waals surface area contributed by atoms with E-state index >= 15 is 0 Å². The van der Waals surface area contributed by atoms with Gasteiger partial charge in [-0.25, -0.2) is 0 Å². The molecule has 22 heavy (non-hydrogen) atoms. The molecule has 2 atom stereocenters. The quantitative estimate of drug-likeness (QED) is 0.862. The molecule has 1 aromatic carbocycles. The molecule has 0 aliphatic carbocycles. The molecule has 2 saturated heterocycles. The third-order valence-corrected chi connectivity index (χ3v) is 6.67. The van der Waals surface area contributed by atoms with Gasteiger partial charge in [0.15, 0.2) is 0 Å². The van der Waals surface area contributed by atoms with E-state index in [1.807, 2.05) is 0 Å². The van der Waals surface area contributed by atoms with Gasteiger partial charge >= 0.3 is 6.18 Å². The summed E-state index contributed by atoms with van der Waals surface area (Å²) in [4.78, 5) is 0. The highest BCUT2D eigenvalue weighted by molar-refractivity contribution is 7.86. The molecule has 2 aliphatic heterocycles. The van der Waals surface area contributed by atoms with Gasteiger partial charge in [-0.15, -0.1) is 0 Å². The first-order chi connectivity index (χ1) is 10.2. The van der Waals surface area contributed by atoms with Crippen LogP contribution in [-0.4, -0.2) is 19.8 Å². The van der Waals surface area contributed by atoms with Crippen LogP contribution < -0.4 is 0 Å².